The average molecular weight is 457 g/mol. The van der Waals surface area contributed by atoms with Crippen LogP contribution in [0.3, 0.4) is 0 Å². The smallest absolute Gasteiger partial charge is 0.422 e. The first-order valence-corrected chi connectivity index (χ1v) is 8.87. The first-order valence-electron chi connectivity index (χ1n) is 8.49. The van der Waals surface area contributed by atoms with Gasteiger partial charge in [-0.15, -0.1) is 0 Å². The Balaban J connectivity index is 1.76. The predicted molar refractivity (Wildman–Crippen MR) is 103 cm³/mol. The standard InChI is InChI=1S/C18H13ClF4N6O2/c1-9-4-13(11(20)5-10(9)19)29-17-25-3-2-12(28-17)15(30)27-14-6-24-8-26-16(14)31-7-18(21,22)23/h2-6,8H,7H2,1H3,(H,27,30)(H,25,28,29). The number of rotatable bonds is 6. The third-order valence-electron chi connectivity index (χ3n) is 3.68. The second kappa shape index (κ2) is 9.08. The number of amides is 1. The number of benzene rings is 1. The molecule has 2 heterocycles. The van der Waals surface area contributed by atoms with E-state index in [0.29, 0.717) is 5.56 Å². The lowest BCUT2D eigenvalue weighted by Crippen LogP contribution is -2.21. The molecule has 31 heavy (non-hydrogen) atoms. The summed E-state index contributed by atoms with van der Waals surface area (Å²) in [6, 6.07) is 3.82. The molecule has 0 saturated heterocycles. The Kier molecular flexibility index (Phi) is 6.49. The lowest BCUT2D eigenvalue weighted by Gasteiger charge is -2.12. The van der Waals surface area contributed by atoms with Crippen molar-refractivity contribution >= 4 is 34.8 Å². The fraction of sp³-hybridized carbons (Fsp3) is 0.167. The third kappa shape index (κ3) is 5.98. The molecule has 2 aromatic heterocycles. The van der Waals surface area contributed by atoms with Crippen LogP contribution in [0.5, 0.6) is 5.88 Å². The Bertz CT molecular complexity index is 1110. The molecule has 0 saturated carbocycles. The van der Waals surface area contributed by atoms with Gasteiger partial charge in [-0.3, -0.25) is 4.79 Å². The Morgan fingerprint density at radius 2 is 2.00 bits per heavy atom. The molecule has 0 atom stereocenters. The minimum atomic E-state index is -4.59. The molecule has 0 fully saturated rings. The zero-order valence-corrected chi connectivity index (χ0v) is 16.4. The van der Waals surface area contributed by atoms with E-state index in [1.807, 2.05) is 0 Å². The highest BCUT2D eigenvalue weighted by atomic mass is 35.5. The van der Waals surface area contributed by atoms with Crippen LogP contribution in [0.4, 0.5) is 34.9 Å². The summed E-state index contributed by atoms with van der Waals surface area (Å²) in [4.78, 5) is 27.6. The molecule has 13 heteroatoms. The monoisotopic (exact) mass is 456 g/mol. The molecule has 1 aromatic carbocycles. The quantitative estimate of drug-likeness (QED) is 0.533. The molecular weight excluding hydrogens is 444 g/mol. The van der Waals surface area contributed by atoms with E-state index in [-0.39, 0.29) is 28.0 Å². The van der Waals surface area contributed by atoms with Crippen molar-refractivity contribution < 1.29 is 27.1 Å². The van der Waals surface area contributed by atoms with Gasteiger partial charge in [-0.05, 0) is 30.7 Å². The number of anilines is 3. The minimum absolute atomic E-state index is 0.0405. The van der Waals surface area contributed by atoms with Crippen molar-refractivity contribution in [1.82, 2.24) is 19.9 Å². The first-order chi connectivity index (χ1) is 14.6. The van der Waals surface area contributed by atoms with Crippen LogP contribution in [0.25, 0.3) is 0 Å². The van der Waals surface area contributed by atoms with Crippen LogP contribution in [0, 0.1) is 12.7 Å². The molecule has 3 aromatic rings. The van der Waals surface area contributed by atoms with E-state index < -0.39 is 30.4 Å². The molecular formula is C18H13ClF4N6O2. The van der Waals surface area contributed by atoms with Gasteiger partial charge in [0.15, 0.2) is 6.61 Å². The summed E-state index contributed by atoms with van der Waals surface area (Å²) in [5.74, 6) is -2.01. The van der Waals surface area contributed by atoms with Crippen LogP contribution in [0.1, 0.15) is 16.1 Å². The number of aryl methyl sites for hydroxylation is 1. The second-order valence-electron chi connectivity index (χ2n) is 6.07. The highest BCUT2D eigenvalue weighted by molar-refractivity contribution is 6.31. The fourth-order valence-corrected chi connectivity index (χ4v) is 2.42. The number of carbonyl (C=O) groups is 1. The van der Waals surface area contributed by atoms with Crippen LogP contribution in [0.15, 0.2) is 36.9 Å². The maximum atomic E-state index is 14.1. The van der Waals surface area contributed by atoms with Gasteiger partial charge in [-0.2, -0.15) is 18.2 Å². The summed E-state index contributed by atoms with van der Waals surface area (Å²) in [5.41, 5.74) is 0.298. The molecule has 0 aliphatic rings. The van der Waals surface area contributed by atoms with Crippen LogP contribution >= 0.6 is 11.6 Å². The normalized spacial score (nSPS) is 11.2. The number of aromatic nitrogens is 4. The molecule has 8 nitrogen and oxygen atoms in total. The number of nitrogens with zero attached hydrogens (tertiary/aromatic N) is 4. The van der Waals surface area contributed by atoms with Crippen molar-refractivity contribution in [2.75, 3.05) is 17.2 Å². The van der Waals surface area contributed by atoms with Crippen molar-refractivity contribution in [3.8, 4) is 5.88 Å². The van der Waals surface area contributed by atoms with Crippen molar-refractivity contribution in [3.05, 3.63) is 59.0 Å². The van der Waals surface area contributed by atoms with E-state index in [4.69, 9.17) is 11.6 Å². The van der Waals surface area contributed by atoms with Crippen LogP contribution in [-0.4, -0.2) is 38.6 Å². The molecule has 0 spiro atoms. The summed E-state index contributed by atoms with van der Waals surface area (Å²) in [5, 5.41) is 5.20. The fourth-order valence-electron chi connectivity index (χ4n) is 2.27. The van der Waals surface area contributed by atoms with E-state index in [2.05, 4.69) is 35.3 Å². The lowest BCUT2D eigenvalue weighted by atomic mass is 10.2. The summed E-state index contributed by atoms with van der Waals surface area (Å²) in [7, 11) is 0. The molecule has 0 radical (unpaired) electrons. The van der Waals surface area contributed by atoms with Gasteiger partial charge in [0, 0.05) is 11.2 Å². The van der Waals surface area contributed by atoms with Crippen molar-refractivity contribution in [1.29, 1.82) is 0 Å². The number of ether oxygens (including phenoxy) is 1. The number of halogens is 5. The SMILES string of the molecule is Cc1cc(Nc2nccc(C(=O)Nc3cncnc3OCC(F)(F)F)n2)c(F)cc1Cl. The molecule has 0 bridgehead atoms. The van der Waals surface area contributed by atoms with E-state index in [0.717, 1.165) is 18.6 Å². The molecule has 2 N–H and O–H groups in total. The van der Waals surface area contributed by atoms with Gasteiger partial charge in [0.25, 0.3) is 5.91 Å². The van der Waals surface area contributed by atoms with Gasteiger partial charge in [-0.25, -0.2) is 19.3 Å². The van der Waals surface area contributed by atoms with Gasteiger partial charge in [0.2, 0.25) is 11.8 Å². The minimum Gasteiger partial charge on any atom is -0.466 e. The Morgan fingerprint density at radius 1 is 1.23 bits per heavy atom. The summed E-state index contributed by atoms with van der Waals surface area (Å²) in [6.07, 6.45) is -1.30. The van der Waals surface area contributed by atoms with Gasteiger partial charge in [0.1, 0.15) is 23.5 Å². The second-order valence-corrected chi connectivity index (χ2v) is 6.48. The van der Waals surface area contributed by atoms with Gasteiger partial charge in [0.05, 0.1) is 11.9 Å². The van der Waals surface area contributed by atoms with Gasteiger partial charge in [-0.1, -0.05) is 11.6 Å². The van der Waals surface area contributed by atoms with Crippen molar-refractivity contribution in [2.24, 2.45) is 0 Å². The zero-order chi connectivity index (χ0) is 22.6. The van der Waals surface area contributed by atoms with Crippen molar-refractivity contribution in [3.63, 3.8) is 0 Å². The molecule has 162 valence electrons. The van der Waals surface area contributed by atoms with E-state index in [9.17, 15) is 22.4 Å². The highest BCUT2D eigenvalue weighted by Crippen LogP contribution is 2.26. The topological polar surface area (TPSA) is 102 Å². The lowest BCUT2D eigenvalue weighted by molar-refractivity contribution is -0.153. The third-order valence-corrected chi connectivity index (χ3v) is 4.09. The first kappa shape index (κ1) is 22.2. The maximum Gasteiger partial charge on any atom is 0.422 e. The summed E-state index contributed by atoms with van der Waals surface area (Å²) >= 11 is 5.86. The molecule has 0 unspecified atom stereocenters. The number of carbonyl (C=O) groups excluding carboxylic acids is 1. The predicted octanol–water partition coefficient (Wildman–Crippen LogP) is 4.30. The van der Waals surface area contributed by atoms with E-state index in [1.165, 1.54) is 18.3 Å². The molecule has 3 rings (SSSR count). The van der Waals surface area contributed by atoms with E-state index >= 15 is 0 Å². The molecule has 0 aliphatic heterocycles. The van der Waals surface area contributed by atoms with Crippen LogP contribution in [0.2, 0.25) is 5.02 Å². The largest absolute Gasteiger partial charge is 0.466 e. The van der Waals surface area contributed by atoms with Crippen LogP contribution in [-0.2, 0) is 0 Å². The number of hydrogen-bond acceptors (Lipinski definition) is 7. The highest BCUT2D eigenvalue weighted by Gasteiger charge is 2.29. The summed E-state index contributed by atoms with van der Waals surface area (Å²) in [6.45, 7) is 0.0819. The van der Waals surface area contributed by atoms with Crippen molar-refractivity contribution in [2.45, 2.75) is 13.1 Å². The number of hydrogen-bond donors (Lipinski definition) is 2. The Labute approximate surface area is 177 Å². The Morgan fingerprint density at radius 3 is 2.74 bits per heavy atom. The van der Waals surface area contributed by atoms with E-state index in [1.54, 1.807) is 6.92 Å². The average Bonchev–Trinajstić information content (AvgIpc) is 2.71. The number of alkyl halides is 3. The maximum absolute atomic E-state index is 14.1. The number of nitrogens with one attached hydrogen (secondary N) is 2. The molecule has 1 amide bonds. The van der Waals surface area contributed by atoms with Gasteiger partial charge >= 0.3 is 6.18 Å². The van der Waals surface area contributed by atoms with Gasteiger partial charge < -0.3 is 15.4 Å². The Hall–Kier alpha value is -3.54. The summed E-state index contributed by atoms with van der Waals surface area (Å²) < 4.78 is 55.8. The molecule has 0 aliphatic carbocycles. The van der Waals surface area contributed by atoms with Crippen LogP contribution < -0.4 is 15.4 Å². The zero-order valence-electron chi connectivity index (χ0n) is 15.7.